The molecule has 0 aromatic heterocycles. The van der Waals surface area contributed by atoms with Gasteiger partial charge in [-0.3, -0.25) is 14.9 Å². The Hall–Kier alpha value is -0.940. The van der Waals surface area contributed by atoms with Gasteiger partial charge in [0.1, 0.15) is 0 Å². The molecule has 0 fully saturated rings. The number of rotatable bonds is 4. The molecule has 0 saturated carbocycles. The Morgan fingerprint density at radius 3 is 2.69 bits per heavy atom. The number of nitrogens with zero attached hydrogens (tertiary/aromatic N) is 1. The smallest absolute Gasteiger partial charge is 0.269 e. The van der Waals surface area contributed by atoms with Crippen LogP contribution in [0.15, 0.2) is 18.2 Å². The first-order valence-electron chi connectivity index (χ1n) is 4.49. The van der Waals surface area contributed by atoms with Crippen LogP contribution in [0.2, 0.25) is 0 Å². The predicted molar refractivity (Wildman–Crippen MR) is 65.4 cm³/mol. The number of halogens is 2. The van der Waals surface area contributed by atoms with Gasteiger partial charge in [-0.15, -0.1) is 11.6 Å². The highest BCUT2D eigenvalue weighted by molar-refractivity contribution is 9.08. The van der Waals surface area contributed by atoms with Crippen LogP contribution in [-0.4, -0.2) is 16.1 Å². The van der Waals surface area contributed by atoms with Gasteiger partial charge in [-0.1, -0.05) is 15.9 Å². The van der Waals surface area contributed by atoms with Gasteiger partial charge < -0.3 is 0 Å². The minimum Gasteiger partial charge on any atom is -0.293 e. The maximum atomic E-state index is 11.7. The van der Waals surface area contributed by atoms with E-state index in [-0.39, 0.29) is 11.5 Å². The van der Waals surface area contributed by atoms with Crippen LogP contribution < -0.4 is 0 Å². The van der Waals surface area contributed by atoms with Gasteiger partial charge >= 0.3 is 0 Å². The summed E-state index contributed by atoms with van der Waals surface area (Å²) in [6.45, 7) is 1.57. The molecule has 0 spiro atoms. The van der Waals surface area contributed by atoms with Gasteiger partial charge in [-0.05, 0) is 18.6 Å². The van der Waals surface area contributed by atoms with Crippen molar-refractivity contribution >= 4 is 39.0 Å². The normalized spacial score (nSPS) is 12.2. The number of nitro benzene ring substituents is 1. The molecule has 6 heteroatoms. The summed E-state index contributed by atoms with van der Waals surface area (Å²) >= 11 is 8.89. The monoisotopic (exact) mass is 305 g/mol. The first-order valence-corrected chi connectivity index (χ1v) is 6.04. The minimum absolute atomic E-state index is 0.0341. The Morgan fingerprint density at radius 2 is 2.25 bits per heavy atom. The van der Waals surface area contributed by atoms with Gasteiger partial charge in [-0.2, -0.15) is 0 Å². The lowest BCUT2D eigenvalue weighted by molar-refractivity contribution is -0.384. The Bertz CT molecular complexity index is 434. The van der Waals surface area contributed by atoms with E-state index in [0.717, 1.165) is 0 Å². The van der Waals surface area contributed by atoms with Crippen LogP contribution in [0.5, 0.6) is 0 Å². The van der Waals surface area contributed by atoms with E-state index >= 15 is 0 Å². The molecule has 0 radical (unpaired) electrons. The standard InChI is InChI=1S/C10H9BrClNO3/c1-6(12)10(14)9-3-2-8(13(15)16)4-7(9)5-11/h2-4,6H,5H2,1H3. The number of ketones is 1. The number of hydrogen-bond donors (Lipinski definition) is 0. The summed E-state index contributed by atoms with van der Waals surface area (Å²) in [5.74, 6) is -0.231. The second-order valence-electron chi connectivity index (χ2n) is 3.21. The average Bonchev–Trinajstić information content (AvgIpc) is 2.26. The van der Waals surface area contributed by atoms with Crippen LogP contribution in [0.4, 0.5) is 5.69 Å². The van der Waals surface area contributed by atoms with E-state index in [2.05, 4.69) is 15.9 Å². The molecular weight excluding hydrogens is 297 g/mol. The van der Waals surface area contributed by atoms with Gasteiger partial charge in [0.25, 0.3) is 5.69 Å². The maximum Gasteiger partial charge on any atom is 0.269 e. The van der Waals surface area contributed by atoms with Crippen LogP contribution in [0.25, 0.3) is 0 Å². The number of carbonyl (C=O) groups is 1. The summed E-state index contributed by atoms with van der Waals surface area (Å²) in [6, 6.07) is 4.12. The van der Waals surface area contributed by atoms with Gasteiger partial charge in [0.05, 0.1) is 10.3 Å². The summed E-state index contributed by atoms with van der Waals surface area (Å²) < 4.78 is 0. The first kappa shape index (κ1) is 13.1. The van der Waals surface area contributed by atoms with E-state index in [1.165, 1.54) is 18.2 Å². The van der Waals surface area contributed by atoms with Gasteiger partial charge in [-0.25, -0.2) is 0 Å². The molecule has 1 aromatic rings. The fourth-order valence-corrected chi connectivity index (χ4v) is 1.84. The molecule has 4 nitrogen and oxygen atoms in total. The zero-order valence-electron chi connectivity index (χ0n) is 8.44. The van der Waals surface area contributed by atoms with Crippen LogP contribution in [-0.2, 0) is 5.33 Å². The van der Waals surface area contributed by atoms with Crippen molar-refractivity contribution in [3.05, 3.63) is 39.4 Å². The summed E-state index contributed by atoms with van der Waals surface area (Å²) in [5.41, 5.74) is 0.963. The van der Waals surface area contributed by atoms with Gasteiger partial charge in [0.2, 0.25) is 0 Å². The third-order valence-electron chi connectivity index (χ3n) is 2.07. The van der Waals surface area contributed by atoms with Crippen molar-refractivity contribution in [2.24, 2.45) is 0 Å². The highest BCUT2D eigenvalue weighted by atomic mass is 79.9. The lowest BCUT2D eigenvalue weighted by atomic mass is 10.0. The lowest BCUT2D eigenvalue weighted by Crippen LogP contribution is -2.12. The topological polar surface area (TPSA) is 60.2 Å². The molecule has 0 bridgehead atoms. The highest BCUT2D eigenvalue weighted by Crippen LogP contribution is 2.22. The molecule has 1 aromatic carbocycles. The summed E-state index contributed by atoms with van der Waals surface area (Å²) in [6.07, 6.45) is 0. The second kappa shape index (κ2) is 5.41. The molecular formula is C10H9BrClNO3. The van der Waals surface area contributed by atoms with Crippen molar-refractivity contribution in [1.82, 2.24) is 0 Å². The lowest BCUT2D eigenvalue weighted by Gasteiger charge is -2.07. The molecule has 0 aliphatic carbocycles. The van der Waals surface area contributed by atoms with E-state index in [1.54, 1.807) is 6.92 Å². The zero-order chi connectivity index (χ0) is 12.3. The van der Waals surface area contributed by atoms with Crippen molar-refractivity contribution in [3.63, 3.8) is 0 Å². The molecule has 0 aliphatic heterocycles. The fraction of sp³-hybridized carbons (Fsp3) is 0.300. The number of non-ortho nitro benzene ring substituents is 1. The number of Topliss-reactive ketones (excluding diaryl/α,β-unsaturated/α-hetero) is 1. The number of hydrogen-bond acceptors (Lipinski definition) is 3. The summed E-state index contributed by atoms with van der Waals surface area (Å²) in [4.78, 5) is 21.8. The number of nitro groups is 1. The van der Waals surface area contributed by atoms with Crippen molar-refractivity contribution < 1.29 is 9.72 Å². The molecule has 0 saturated heterocycles. The van der Waals surface area contributed by atoms with Crippen molar-refractivity contribution in [1.29, 1.82) is 0 Å². The second-order valence-corrected chi connectivity index (χ2v) is 4.43. The minimum atomic E-state index is -0.640. The molecule has 0 N–H and O–H groups in total. The summed E-state index contributed by atoms with van der Waals surface area (Å²) in [5, 5.41) is 10.3. The molecule has 16 heavy (non-hydrogen) atoms. The largest absolute Gasteiger partial charge is 0.293 e. The Morgan fingerprint density at radius 1 is 1.62 bits per heavy atom. The van der Waals surface area contributed by atoms with Crippen molar-refractivity contribution in [2.45, 2.75) is 17.6 Å². The van der Waals surface area contributed by atoms with Gasteiger partial charge in [0, 0.05) is 23.0 Å². The van der Waals surface area contributed by atoms with Crippen molar-refractivity contribution in [2.75, 3.05) is 0 Å². The molecule has 86 valence electrons. The van der Waals surface area contributed by atoms with E-state index in [4.69, 9.17) is 11.6 Å². The fourth-order valence-electron chi connectivity index (χ4n) is 1.26. The molecule has 0 amide bonds. The van der Waals surface area contributed by atoms with E-state index < -0.39 is 10.3 Å². The Balaban J connectivity index is 3.22. The maximum absolute atomic E-state index is 11.7. The number of alkyl halides is 2. The predicted octanol–water partition coefficient (Wildman–Crippen LogP) is 3.30. The average molecular weight is 307 g/mol. The first-order chi connectivity index (χ1) is 7.47. The number of carbonyl (C=O) groups excluding carboxylic acids is 1. The third kappa shape index (κ3) is 2.80. The van der Waals surface area contributed by atoms with E-state index in [0.29, 0.717) is 16.5 Å². The quantitative estimate of drug-likeness (QED) is 0.371. The van der Waals surface area contributed by atoms with Crippen LogP contribution >= 0.6 is 27.5 Å². The molecule has 0 heterocycles. The van der Waals surface area contributed by atoms with Crippen LogP contribution in [0.3, 0.4) is 0 Å². The summed E-state index contributed by atoms with van der Waals surface area (Å²) in [7, 11) is 0. The molecule has 1 rings (SSSR count). The number of benzene rings is 1. The Kier molecular flexibility index (Phi) is 4.44. The molecule has 1 atom stereocenters. The van der Waals surface area contributed by atoms with Gasteiger partial charge in [0.15, 0.2) is 5.78 Å². The molecule has 0 aliphatic rings. The van der Waals surface area contributed by atoms with E-state index in [9.17, 15) is 14.9 Å². The van der Waals surface area contributed by atoms with Crippen LogP contribution in [0.1, 0.15) is 22.8 Å². The van der Waals surface area contributed by atoms with E-state index in [1.807, 2.05) is 0 Å². The van der Waals surface area contributed by atoms with Crippen molar-refractivity contribution in [3.8, 4) is 0 Å². The zero-order valence-corrected chi connectivity index (χ0v) is 10.8. The SMILES string of the molecule is CC(Cl)C(=O)c1ccc([N+](=O)[O-])cc1CBr. The Labute approximate surface area is 106 Å². The highest BCUT2D eigenvalue weighted by Gasteiger charge is 2.18. The third-order valence-corrected chi connectivity index (χ3v) is 2.87. The van der Waals surface area contributed by atoms with Crippen LogP contribution in [0, 0.1) is 10.1 Å². The molecule has 1 unspecified atom stereocenters.